The topological polar surface area (TPSA) is 105 Å². The number of urea groups is 1. The van der Waals surface area contributed by atoms with Crippen molar-refractivity contribution in [2.24, 2.45) is 0 Å². The molecule has 0 saturated carbocycles. The number of ether oxygens (including phenoxy) is 1. The number of anilines is 1. The number of esters is 1. The fraction of sp³-hybridized carbons (Fsp3) is 0.308. The van der Waals surface area contributed by atoms with Crippen molar-refractivity contribution in [3.05, 3.63) is 29.1 Å². The van der Waals surface area contributed by atoms with Crippen LogP contribution in [0.2, 0.25) is 0 Å². The summed E-state index contributed by atoms with van der Waals surface area (Å²) in [5, 5.41) is 13.2. The molecule has 0 aliphatic rings. The van der Waals surface area contributed by atoms with Gasteiger partial charge in [0.25, 0.3) is 0 Å². The molecule has 1 rings (SSSR count). The largest absolute Gasteiger partial charge is 0.481 e. The predicted molar refractivity (Wildman–Crippen MR) is 71.8 cm³/mol. The van der Waals surface area contributed by atoms with Crippen LogP contribution in [0.4, 0.5) is 14.9 Å². The molecular weight excluding hydrogens is 283 g/mol. The fourth-order valence-electron chi connectivity index (χ4n) is 1.62. The van der Waals surface area contributed by atoms with Crippen LogP contribution in [0.15, 0.2) is 12.1 Å². The molecule has 114 valence electrons. The van der Waals surface area contributed by atoms with Crippen molar-refractivity contribution in [1.29, 1.82) is 0 Å². The minimum atomic E-state index is -1.04. The molecule has 0 fully saturated rings. The number of methoxy groups -OCH3 is 1. The summed E-state index contributed by atoms with van der Waals surface area (Å²) in [6, 6.07) is 1.68. The maximum atomic E-state index is 13.6. The first-order valence-electron chi connectivity index (χ1n) is 6.01. The van der Waals surface area contributed by atoms with Crippen LogP contribution in [0.1, 0.15) is 22.3 Å². The van der Waals surface area contributed by atoms with Crippen LogP contribution in [0, 0.1) is 12.7 Å². The summed E-state index contributed by atoms with van der Waals surface area (Å²) < 4.78 is 18.1. The van der Waals surface area contributed by atoms with Gasteiger partial charge in [-0.25, -0.2) is 14.0 Å². The van der Waals surface area contributed by atoms with E-state index in [0.717, 1.165) is 13.2 Å². The zero-order valence-corrected chi connectivity index (χ0v) is 11.5. The number of amides is 2. The Morgan fingerprint density at radius 2 is 2.00 bits per heavy atom. The second-order valence-corrected chi connectivity index (χ2v) is 4.11. The zero-order valence-electron chi connectivity index (χ0n) is 11.5. The van der Waals surface area contributed by atoms with E-state index in [1.807, 2.05) is 0 Å². The van der Waals surface area contributed by atoms with Gasteiger partial charge in [0.2, 0.25) is 0 Å². The van der Waals surface area contributed by atoms with E-state index in [0.29, 0.717) is 0 Å². The Kier molecular flexibility index (Phi) is 5.65. The highest BCUT2D eigenvalue weighted by molar-refractivity contribution is 5.96. The molecule has 0 atom stereocenters. The lowest BCUT2D eigenvalue weighted by Gasteiger charge is -2.12. The first kappa shape index (κ1) is 16.4. The number of carboxylic acid groups (broad SMARTS) is 1. The molecule has 0 heterocycles. The average molecular weight is 298 g/mol. The van der Waals surface area contributed by atoms with E-state index in [4.69, 9.17) is 5.11 Å². The van der Waals surface area contributed by atoms with Crippen LogP contribution in [0.25, 0.3) is 0 Å². The number of hydrogen-bond acceptors (Lipinski definition) is 4. The number of carbonyl (C=O) groups is 3. The molecule has 0 unspecified atom stereocenters. The molecule has 0 radical (unpaired) electrons. The first-order chi connectivity index (χ1) is 9.86. The minimum Gasteiger partial charge on any atom is -0.481 e. The normalized spacial score (nSPS) is 9.86. The standard InChI is InChI=1S/C13H15FN2O5/c1-7-9(16-13(20)15-6-5-10(17)18)4-3-8(14)11(7)12(19)21-2/h3-4H,5-6H2,1-2H3,(H,17,18)(H2,15,16,20). The van der Waals surface area contributed by atoms with Gasteiger partial charge in [-0.1, -0.05) is 0 Å². The van der Waals surface area contributed by atoms with Gasteiger partial charge in [0, 0.05) is 12.2 Å². The number of carbonyl (C=O) groups excluding carboxylic acids is 2. The van der Waals surface area contributed by atoms with Crippen LogP contribution in [0.5, 0.6) is 0 Å². The second-order valence-electron chi connectivity index (χ2n) is 4.11. The van der Waals surface area contributed by atoms with Crippen molar-refractivity contribution in [2.45, 2.75) is 13.3 Å². The third-order valence-electron chi connectivity index (χ3n) is 2.68. The Bertz CT molecular complexity index is 574. The van der Waals surface area contributed by atoms with Crippen molar-refractivity contribution >= 4 is 23.7 Å². The molecule has 1 aromatic rings. The van der Waals surface area contributed by atoms with Crippen LogP contribution in [0.3, 0.4) is 0 Å². The first-order valence-corrected chi connectivity index (χ1v) is 6.01. The molecule has 0 bridgehead atoms. The highest BCUT2D eigenvalue weighted by atomic mass is 19.1. The highest BCUT2D eigenvalue weighted by Crippen LogP contribution is 2.22. The zero-order chi connectivity index (χ0) is 16.0. The number of halogens is 1. The third-order valence-corrected chi connectivity index (χ3v) is 2.68. The Labute approximate surface area is 120 Å². The summed E-state index contributed by atoms with van der Waals surface area (Å²) in [5.74, 6) is -2.64. The Morgan fingerprint density at radius 1 is 1.33 bits per heavy atom. The molecule has 0 saturated heterocycles. The lowest BCUT2D eigenvalue weighted by molar-refractivity contribution is -0.136. The molecular formula is C13H15FN2O5. The summed E-state index contributed by atoms with van der Waals surface area (Å²) in [4.78, 5) is 33.4. The molecule has 3 N–H and O–H groups in total. The molecule has 0 aromatic heterocycles. The van der Waals surface area contributed by atoms with Gasteiger partial charge in [-0.2, -0.15) is 0 Å². The summed E-state index contributed by atoms with van der Waals surface area (Å²) in [6.45, 7) is 1.41. The van der Waals surface area contributed by atoms with Gasteiger partial charge in [0.1, 0.15) is 11.4 Å². The molecule has 1 aromatic carbocycles. The van der Waals surface area contributed by atoms with Gasteiger partial charge in [-0.05, 0) is 24.6 Å². The number of hydrogen-bond donors (Lipinski definition) is 3. The molecule has 8 heteroatoms. The summed E-state index contributed by atoms with van der Waals surface area (Å²) in [5.41, 5.74) is 0.181. The molecule has 7 nitrogen and oxygen atoms in total. The second kappa shape index (κ2) is 7.22. The van der Waals surface area contributed by atoms with Crippen LogP contribution < -0.4 is 10.6 Å². The fourth-order valence-corrected chi connectivity index (χ4v) is 1.62. The summed E-state index contributed by atoms with van der Waals surface area (Å²) in [6.07, 6.45) is -0.219. The average Bonchev–Trinajstić information content (AvgIpc) is 2.41. The van der Waals surface area contributed by atoms with Gasteiger partial charge in [-0.15, -0.1) is 0 Å². The molecule has 0 aliphatic carbocycles. The van der Waals surface area contributed by atoms with E-state index in [9.17, 15) is 18.8 Å². The maximum Gasteiger partial charge on any atom is 0.341 e. The van der Waals surface area contributed by atoms with E-state index in [1.165, 1.54) is 13.0 Å². The van der Waals surface area contributed by atoms with Gasteiger partial charge in [-0.3, -0.25) is 4.79 Å². The van der Waals surface area contributed by atoms with Crippen molar-refractivity contribution < 1.29 is 28.6 Å². The van der Waals surface area contributed by atoms with Crippen LogP contribution in [-0.2, 0) is 9.53 Å². The van der Waals surface area contributed by atoms with E-state index >= 15 is 0 Å². The van der Waals surface area contributed by atoms with Gasteiger partial charge in [0.15, 0.2) is 0 Å². The molecule has 0 spiro atoms. The lowest BCUT2D eigenvalue weighted by Crippen LogP contribution is -2.31. The number of nitrogens with one attached hydrogen (secondary N) is 2. The van der Waals surface area contributed by atoms with E-state index in [2.05, 4.69) is 15.4 Å². The Hall–Kier alpha value is -2.64. The number of benzene rings is 1. The lowest BCUT2D eigenvalue weighted by atomic mass is 10.1. The number of aliphatic carboxylic acids is 1. The molecule has 2 amide bonds. The van der Waals surface area contributed by atoms with Crippen LogP contribution in [-0.4, -0.2) is 36.7 Å². The Balaban J connectivity index is 2.82. The summed E-state index contributed by atoms with van der Waals surface area (Å²) in [7, 11) is 1.12. The van der Waals surface area contributed by atoms with E-state index < -0.39 is 23.8 Å². The van der Waals surface area contributed by atoms with E-state index in [-0.39, 0.29) is 29.8 Å². The maximum absolute atomic E-state index is 13.6. The van der Waals surface area contributed by atoms with Gasteiger partial charge < -0.3 is 20.5 Å². The Morgan fingerprint density at radius 3 is 2.57 bits per heavy atom. The SMILES string of the molecule is COC(=O)c1c(F)ccc(NC(=O)NCCC(=O)O)c1C. The van der Waals surface area contributed by atoms with Crippen molar-refractivity contribution in [3.8, 4) is 0 Å². The predicted octanol–water partition coefficient (Wildman–Crippen LogP) is 1.52. The van der Waals surface area contributed by atoms with Crippen LogP contribution >= 0.6 is 0 Å². The minimum absolute atomic E-state index is 0.0503. The summed E-state index contributed by atoms with van der Waals surface area (Å²) >= 11 is 0. The quantitative estimate of drug-likeness (QED) is 0.715. The monoisotopic (exact) mass is 298 g/mol. The van der Waals surface area contributed by atoms with Gasteiger partial charge in [0.05, 0.1) is 13.5 Å². The highest BCUT2D eigenvalue weighted by Gasteiger charge is 2.18. The van der Waals surface area contributed by atoms with Crippen molar-refractivity contribution in [1.82, 2.24) is 5.32 Å². The van der Waals surface area contributed by atoms with Crippen molar-refractivity contribution in [3.63, 3.8) is 0 Å². The van der Waals surface area contributed by atoms with Gasteiger partial charge >= 0.3 is 18.0 Å². The van der Waals surface area contributed by atoms with E-state index in [1.54, 1.807) is 0 Å². The van der Waals surface area contributed by atoms with Crippen molar-refractivity contribution in [2.75, 3.05) is 19.0 Å². The number of rotatable bonds is 5. The number of carboxylic acids is 1. The molecule has 21 heavy (non-hydrogen) atoms. The smallest absolute Gasteiger partial charge is 0.341 e. The third kappa shape index (κ3) is 4.44. The molecule has 0 aliphatic heterocycles.